The minimum absolute atomic E-state index is 0.0315. The molecule has 0 spiro atoms. The van der Waals surface area contributed by atoms with Gasteiger partial charge in [-0.1, -0.05) is 30.3 Å². The Morgan fingerprint density at radius 1 is 1.06 bits per heavy atom. The zero-order valence-electron chi connectivity index (χ0n) is 18.9. The Hall–Kier alpha value is -2.46. The molecule has 178 valence electrons. The van der Waals surface area contributed by atoms with Crippen molar-refractivity contribution in [1.29, 1.82) is 0 Å². The first-order chi connectivity index (χ1) is 16.0. The monoisotopic (exact) mass is 473 g/mol. The summed E-state index contributed by atoms with van der Waals surface area (Å²) in [6, 6.07) is 14.2. The van der Waals surface area contributed by atoms with Crippen LogP contribution >= 0.6 is 0 Å². The molecule has 1 amide bonds. The molecule has 2 heterocycles. The van der Waals surface area contributed by atoms with E-state index in [9.17, 15) is 13.2 Å². The molecule has 2 saturated heterocycles. The first kappa shape index (κ1) is 23.7. The van der Waals surface area contributed by atoms with Gasteiger partial charge in [0.05, 0.1) is 26.4 Å². The van der Waals surface area contributed by atoms with Crippen molar-refractivity contribution >= 4 is 15.9 Å². The Labute approximate surface area is 195 Å². The summed E-state index contributed by atoms with van der Waals surface area (Å²) in [4.78, 5) is 15.6. The summed E-state index contributed by atoms with van der Waals surface area (Å²) in [5, 5.41) is 3.11. The number of amides is 1. The number of nitrogens with one attached hydrogen (secondary N) is 1. The third-order valence-corrected chi connectivity index (χ3v) is 8.08. The van der Waals surface area contributed by atoms with Gasteiger partial charge in [-0.25, -0.2) is 8.42 Å². The fourth-order valence-corrected chi connectivity index (χ4v) is 5.99. The first-order valence-corrected chi connectivity index (χ1v) is 12.8. The van der Waals surface area contributed by atoms with Gasteiger partial charge in [0.25, 0.3) is 5.91 Å². The second-order valence-corrected chi connectivity index (χ2v) is 10.2. The molecule has 0 aliphatic carbocycles. The number of methoxy groups -OCH3 is 1. The van der Waals surface area contributed by atoms with Gasteiger partial charge in [-0.3, -0.25) is 9.69 Å². The number of benzene rings is 2. The second-order valence-electron chi connectivity index (χ2n) is 8.33. The van der Waals surface area contributed by atoms with Gasteiger partial charge < -0.3 is 14.8 Å². The largest absolute Gasteiger partial charge is 0.495 e. The van der Waals surface area contributed by atoms with Crippen molar-refractivity contribution in [2.45, 2.75) is 23.8 Å². The Bertz CT molecular complexity index is 1050. The summed E-state index contributed by atoms with van der Waals surface area (Å²) in [5.74, 6) is -0.0796. The van der Waals surface area contributed by atoms with Crippen LogP contribution < -0.4 is 10.1 Å². The van der Waals surface area contributed by atoms with Gasteiger partial charge in [0, 0.05) is 38.3 Å². The van der Waals surface area contributed by atoms with Crippen LogP contribution in [0.15, 0.2) is 53.4 Å². The van der Waals surface area contributed by atoms with Crippen molar-refractivity contribution in [2.75, 3.05) is 53.0 Å². The van der Waals surface area contributed by atoms with Gasteiger partial charge in [0.2, 0.25) is 10.0 Å². The molecule has 2 fully saturated rings. The van der Waals surface area contributed by atoms with E-state index in [0.717, 1.165) is 31.5 Å². The summed E-state index contributed by atoms with van der Waals surface area (Å²) in [6.45, 7) is 4.57. The quantitative estimate of drug-likeness (QED) is 0.633. The number of carbonyl (C=O) groups is 1. The molecule has 8 nitrogen and oxygen atoms in total. The zero-order chi connectivity index (χ0) is 23.3. The lowest BCUT2D eigenvalue weighted by molar-refractivity contribution is 0.0332. The standard InChI is InChI=1S/C24H31N3O5S/c1-31-22-10-9-20(17-23(22)33(29,30)27-11-5-6-12-27)24(28)25-21(19-7-3-2-4-8-19)18-26-13-15-32-16-14-26/h2-4,7-10,17,21H,5-6,11-16,18H2,1H3,(H,25,28). The van der Waals surface area contributed by atoms with Crippen LogP contribution in [0.4, 0.5) is 0 Å². The maximum absolute atomic E-state index is 13.3. The second kappa shape index (κ2) is 10.6. The summed E-state index contributed by atoms with van der Waals surface area (Å²) in [7, 11) is -2.30. The number of hydrogen-bond donors (Lipinski definition) is 1. The van der Waals surface area contributed by atoms with Crippen LogP contribution in [0.25, 0.3) is 0 Å². The molecule has 9 heteroatoms. The molecular formula is C24H31N3O5S. The molecule has 0 saturated carbocycles. The van der Waals surface area contributed by atoms with Crippen molar-refractivity contribution in [2.24, 2.45) is 0 Å². The van der Waals surface area contributed by atoms with E-state index in [4.69, 9.17) is 9.47 Å². The van der Waals surface area contributed by atoms with Gasteiger partial charge in [-0.15, -0.1) is 0 Å². The maximum Gasteiger partial charge on any atom is 0.251 e. The number of morpholine rings is 1. The lowest BCUT2D eigenvalue weighted by Crippen LogP contribution is -2.43. The molecule has 2 aromatic carbocycles. The number of ether oxygens (including phenoxy) is 2. The SMILES string of the molecule is COc1ccc(C(=O)NC(CN2CCOCC2)c2ccccc2)cc1S(=O)(=O)N1CCCC1. The molecule has 0 aromatic heterocycles. The summed E-state index contributed by atoms with van der Waals surface area (Å²) in [6.07, 6.45) is 1.67. The predicted octanol–water partition coefficient (Wildman–Crippen LogP) is 2.28. The van der Waals surface area contributed by atoms with Crippen molar-refractivity contribution in [1.82, 2.24) is 14.5 Å². The van der Waals surface area contributed by atoms with Crippen LogP contribution in [0.2, 0.25) is 0 Å². The molecule has 2 aromatic rings. The van der Waals surface area contributed by atoms with Crippen LogP contribution in [0.1, 0.15) is 34.8 Å². The van der Waals surface area contributed by atoms with Gasteiger partial charge >= 0.3 is 0 Å². The summed E-state index contributed by atoms with van der Waals surface area (Å²) < 4.78 is 38.6. The number of hydrogen-bond acceptors (Lipinski definition) is 6. The van der Waals surface area contributed by atoms with E-state index in [2.05, 4.69) is 10.2 Å². The van der Waals surface area contributed by atoms with Crippen LogP contribution in [0, 0.1) is 0 Å². The molecule has 2 aliphatic rings. The van der Waals surface area contributed by atoms with Crippen LogP contribution in [0.5, 0.6) is 5.75 Å². The van der Waals surface area contributed by atoms with E-state index in [1.165, 1.54) is 17.5 Å². The van der Waals surface area contributed by atoms with E-state index in [1.54, 1.807) is 12.1 Å². The van der Waals surface area contributed by atoms with Crippen molar-refractivity contribution in [3.8, 4) is 5.75 Å². The van der Waals surface area contributed by atoms with Crippen LogP contribution in [-0.4, -0.2) is 76.6 Å². The third kappa shape index (κ3) is 5.55. The van der Waals surface area contributed by atoms with E-state index in [0.29, 0.717) is 32.8 Å². The van der Waals surface area contributed by atoms with Crippen molar-refractivity contribution in [3.63, 3.8) is 0 Å². The molecule has 1 unspecified atom stereocenters. The smallest absolute Gasteiger partial charge is 0.251 e. The average Bonchev–Trinajstić information content (AvgIpc) is 3.40. The van der Waals surface area contributed by atoms with Gasteiger partial charge in [0.1, 0.15) is 10.6 Å². The van der Waals surface area contributed by atoms with E-state index in [1.807, 2.05) is 30.3 Å². The molecule has 1 N–H and O–H groups in total. The Kier molecular flexibility index (Phi) is 7.64. The molecule has 0 radical (unpaired) electrons. The number of rotatable bonds is 8. The molecule has 4 rings (SSSR count). The van der Waals surface area contributed by atoms with Gasteiger partial charge in [-0.05, 0) is 36.6 Å². The highest BCUT2D eigenvalue weighted by Crippen LogP contribution is 2.30. The fourth-order valence-electron chi connectivity index (χ4n) is 4.29. The van der Waals surface area contributed by atoms with E-state index < -0.39 is 10.0 Å². The highest BCUT2D eigenvalue weighted by atomic mass is 32.2. The van der Waals surface area contributed by atoms with Crippen molar-refractivity contribution in [3.05, 3.63) is 59.7 Å². The topological polar surface area (TPSA) is 88.2 Å². The van der Waals surface area contributed by atoms with Gasteiger partial charge in [-0.2, -0.15) is 4.31 Å². The summed E-state index contributed by atoms with van der Waals surface area (Å²) >= 11 is 0. The van der Waals surface area contributed by atoms with E-state index in [-0.39, 0.29) is 28.2 Å². The summed E-state index contributed by atoms with van der Waals surface area (Å²) in [5.41, 5.74) is 1.28. The third-order valence-electron chi connectivity index (χ3n) is 6.16. The maximum atomic E-state index is 13.3. The highest BCUT2D eigenvalue weighted by molar-refractivity contribution is 7.89. The number of nitrogens with zero attached hydrogens (tertiary/aromatic N) is 2. The first-order valence-electron chi connectivity index (χ1n) is 11.3. The predicted molar refractivity (Wildman–Crippen MR) is 125 cm³/mol. The lowest BCUT2D eigenvalue weighted by Gasteiger charge is -2.31. The fraction of sp³-hybridized carbons (Fsp3) is 0.458. The molecule has 1 atom stereocenters. The van der Waals surface area contributed by atoms with Crippen LogP contribution in [-0.2, 0) is 14.8 Å². The molecule has 33 heavy (non-hydrogen) atoms. The normalized spacial score (nSPS) is 18.7. The minimum Gasteiger partial charge on any atom is -0.495 e. The van der Waals surface area contributed by atoms with Crippen LogP contribution in [0.3, 0.4) is 0 Å². The number of sulfonamides is 1. The van der Waals surface area contributed by atoms with Gasteiger partial charge in [0.15, 0.2) is 0 Å². The Morgan fingerprint density at radius 2 is 1.76 bits per heavy atom. The molecule has 2 aliphatic heterocycles. The highest BCUT2D eigenvalue weighted by Gasteiger charge is 2.31. The Balaban J connectivity index is 1.59. The molecular weight excluding hydrogens is 442 g/mol. The zero-order valence-corrected chi connectivity index (χ0v) is 19.7. The minimum atomic E-state index is -3.73. The number of carbonyl (C=O) groups excluding carboxylic acids is 1. The molecule has 0 bridgehead atoms. The average molecular weight is 474 g/mol. The lowest BCUT2D eigenvalue weighted by atomic mass is 10.1. The van der Waals surface area contributed by atoms with Crippen molar-refractivity contribution < 1.29 is 22.7 Å². The Morgan fingerprint density at radius 3 is 2.42 bits per heavy atom. The van der Waals surface area contributed by atoms with E-state index >= 15 is 0 Å².